The van der Waals surface area contributed by atoms with Crippen molar-refractivity contribution in [2.24, 2.45) is 0 Å². The molecule has 0 aliphatic rings. The van der Waals surface area contributed by atoms with Crippen LogP contribution in [0.25, 0.3) is 0 Å². The van der Waals surface area contributed by atoms with Crippen LogP contribution in [0.15, 0.2) is 47.1 Å². The highest BCUT2D eigenvalue weighted by Gasteiger charge is 2.12. The first kappa shape index (κ1) is 14.7. The molecule has 0 bridgehead atoms. The van der Waals surface area contributed by atoms with E-state index in [1.165, 1.54) is 11.1 Å². The van der Waals surface area contributed by atoms with Crippen LogP contribution < -0.4 is 5.32 Å². The summed E-state index contributed by atoms with van der Waals surface area (Å²) in [7, 11) is 0. The van der Waals surface area contributed by atoms with Gasteiger partial charge in [0.2, 0.25) is 0 Å². The second-order valence-corrected chi connectivity index (χ2v) is 5.66. The topological polar surface area (TPSA) is 42.0 Å². The maximum Gasteiger partial charge on any atom is 0.270 e. The van der Waals surface area contributed by atoms with Gasteiger partial charge in [0, 0.05) is 6.04 Å². The third-order valence-corrected chi connectivity index (χ3v) is 3.55. The Morgan fingerprint density at radius 2 is 2.00 bits per heavy atom. The van der Waals surface area contributed by atoms with Crippen molar-refractivity contribution in [2.45, 2.75) is 26.3 Å². The van der Waals surface area contributed by atoms with E-state index in [4.69, 9.17) is 0 Å². The van der Waals surface area contributed by atoms with Crippen LogP contribution in [0.1, 0.15) is 28.5 Å². The number of amides is 1. The molecule has 0 aliphatic heterocycles. The molecule has 1 unspecified atom stereocenters. The van der Waals surface area contributed by atoms with Crippen molar-refractivity contribution in [2.75, 3.05) is 0 Å². The monoisotopic (exact) mass is 332 g/mol. The van der Waals surface area contributed by atoms with Gasteiger partial charge in [0.15, 0.2) is 0 Å². The number of nitrogens with one attached hydrogen (secondary N) is 1. The number of benzene rings is 1. The Morgan fingerprint density at radius 1 is 1.25 bits per heavy atom. The van der Waals surface area contributed by atoms with Crippen LogP contribution in [0.2, 0.25) is 0 Å². The second-order valence-electron chi connectivity index (χ2n) is 4.85. The van der Waals surface area contributed by atoms with Gasteiger partial charge in [-0.25, -0.2) is 4.98 Å². The molecule has 1 aromatic carbocycles. The zero-order valence-corrected chi connectivity index (χ0v) is 13.1. The molecular weight excluding hydrogens is 316 g/mol. The SMILES string of the molecule is Cc1ccccc1CC(C)NC(=O)c1cccc(Br)n1. The van der Waals surface area contributed by atoms with Crippen LogP contribution in [0.4, 0.5) is 0 Å². The fraction of sp³-hybridized carbons (Fsp3) is 0.250. The van der Waals surface area contributed by atoms with Gasteiger partial charge >= 0.3 is 0 Å². The maximum absolute atomic E-state index is 12.1. The molecule has 1 N–H and O–H groups in total. The Kier molecular flexibility index (Phi) is 4.90. The van der Waals surface area contributed by atoms with Crippen LogP contribution in [0.3, 0.4) is 0 Å². The standard InChI is InChI=1S/C16H17BrN2O/c1-11-6-3-4-7-13(11)10-12(2)18-16(20)14-8-5-9-15(17)19-14/h3-9,12H,10H2,1-2H3,(H,18,20). The van der Waals surface area contributed by atoms with Crippen LogP contribution >= 0.6 is 15.9 Å². The predicted molar refractivity (Wildman–Crippen MR) is 83.7 cm³/mol. The summed E-state index contributed by atoms with van der Waals surface area (Å²) in [5.41, 5.74) is 2.92. The molecule has 104 valence electrons. The molecule has 0 saturated heterocycles. The fourth-order valence-electron chi connectivity index (χ4n) is 2.05. The molecule has 2 aromatic rings. The molecule has 0 aliphatic carbocycles. The van der Waals surface area contributed by atoms with Gasteiger partial charge in [0.25, 0.3) is 5.91 Å². The maximum atomic E-state index is 12.1. The van der Waals surface area contributed by atoms with Crippen molar-refractivity contribution < 1.29 is 4.79 Å². The Balaban J connectivity index is 2.00. The lowest BCUT2D eigenvalue weighted by molar-refractivity contribution is 0.0935. The summed E-state index contributed by atoms with van der Waals surface area (Å²) in [4.78, 5) is 16.2. The first-order chi connectivity index (χ1) is 9.56. The highest BCUT2D eigenvalue weighted by atomic mass is 79.9. The summed E-state index contributed by atoms with van der Waals surface area (Å²) in [6.07, 6.45) is 0.812. The van der Waals surface area contributed by atoms with E-state index in [9.17, 15) is 4.79 Å². The number of carbonyl (C=O) groups is 1. The zero-order valence-electron chi connectivity index (χ0n) is 11.6. The molecule has 0 spiro atoms. The van der Waals surface area contributed by atoms with Crippen LogP contribution in [-0.4, -0.2) is 16.9 Å². The molecule has 0 radical (unpaired) electrons. The van der Waals surface area contributed by atoms with Gasteiger partial charge in [0.1, 0.15) is 10.3 Å². The predicted octanol–water partition coefficient (Wildman–Crippen LogP) is 3.51. The van der Waals surface area contributed by atoms with Gasteiger partial charge in [-0.15, -0.1) is 0 Å². The molecule has 2 rings (SSSR count). The molecule has 4 heteroatoms. The Morgan fingerprint density at radius 3 is 2.70 bits per heavy atom. The van der Waals surface area contributed by atoms with E-state index >= 15 is 0 Å². The van der Waals surface area contributed by atoms with Gasteiger partial charge in [-0.3, -0.25) is 4.79 Å². The number of carbonyl (C=O) groups excluding carboxylic acids is 1. The summed E-state index contributed by atoms with van der Waals surface area (Å²) < 4.78 is 0.664. The average Bonchev–Trinajstić information content (AvgIpc) is 2.41. The third kappa shape index (κ3) is 3.90. The lowest BCUT2D eigenvalue weighted by Gasteiger charge is -2.15. The van der Waals surface area contributed by atoms with Crippen molar-refractivity contribution in [3.63, 3.8) is 0 Å². The summed E-state index contributed by atoms with van der Waals surface area (Å²) in [5, 5.41) is 2.98. The number of hydrogen-bond acceptors (Lipinski definition) is 2. The Bertz CT molecular complexity index is 613. The summed E-state index contributed by atoms with van der Waals surface area (Å²) in [6, 6.07) is 13.6. The minimum Gasteiger partial charge on any atom is -0.348 e. The minimum absolute atomic E-state index is 0.0596. The third-order valence-electron chi connectivity index (χ3n) is 3.11. The molecule has 1 amide bonds. The highest BCUT2D eigenvalue weighted by Crippen LogP contribution is 2.10. The van der Waals surface area contributed by atoms with Gasteiger partial charge < -0.3 is 5.32 Å². The van der Waals surface area contributed by atoms with E-state index < -0.39 is 0 Å². The molecule has 3 nitrogen and oxygen atoms in total. The van der Waals surface area contributed by atoms with E-state index in [0.717, 1.165) is 6.42 Å². The van der Waals surface area contributed by atoms with Crippen LogP contribution in [0, 0.1) is 6.92 Å². The van der Waals surface area contributed by atoms with E-state index in [1.807, 2.05) is 19.1 Å². The summed E-state index contributed by atoms with van der Waals surface area (Å²) >= 11 is 3.27. The largest absolute Gasteiger partial charge is 0.348 e. The van der Waals surface area contributed by atoms with Crippen molar-refractivity contribution in [1.29, 1.82) is 0 Å². The lowest BCUT2D eigenvalue weighted by atomic mass is 10.0. The second kappa shape index (κ2) is 6.66. The van der Waals surface area contributed by atoms with E-state index in [1.54, 1.807) is 18.2 Å². The minimum atomic E-state index is -0.146. The number of hydrogen-bond donors (Lipinski definition) is 1. The van der Waals surface area contributed by atoms with Crippen molar-refractivity contribution in [3.05, 3.63) is 63.9 Å². The van der Waals surface area contributed by atoms with Crippen LogP contribution in [0.5, 0.6) is 0 Å². The van der Waals surface area contributed by atoms with E-state index in [2.05, 4.69) is 45.3 Å². The van der Waals surface area contributed by atoms with Gasteiger partial charge in [0.05, 0.1) is 0 Å². The number of nitrogens with zero attached hydrogens (tertiary/aromatic N) is 1. The van der Waals surface area contributed by atoms with Crippen molar-refractivity contribution in [1.82, 2.24) is 10.3 Å². The summed E-state index contributed by atoms with van der Waals surface area (Å²) in [6.45, 7) is 4.09. The number of halogens is 1. The number of aryl methyl sites for hydroxylation is 1. The first-order valence-corrected chi connectivity index (χ1v) is 7.33. The van der Waals surface area contributed by atoms with Gasteiger partial charge in [-0.05, 0) is 59.5 Å². The summed E-state index contributed by atoms with van der Waals surface area (Å²) in [5.74, 6) is -0.146. The zero-order chi connectivity index (χ0) is 14.5. The molecule has 0 fully saturated rings. The molecular formula is C16H17BrN2O. The first-order valence-electron chi connectivity index (χ1n) is 6.54. The van der Waals surface area contributed by atoms with Gasteiger partial charge in [-0.1, -0.05) is 30.3 Å². The van der Waals surface area contributed by atoms with E-state index in [-0.39, 0.29) is 11.9 Å². The fourth-order valence-corrected chi connectivity index (χ4v) is 2.40. The van der Waals surface area contributed by atoms with Crippen molar-refractivity contribution in [3.8, 4) is 0 Å². The number of aromatic nitrogens is 1. The molecule has 1 atom stereocenters. The molecule has 0 saturated carbocycles. The quantitative estimate of drug-likeness (QED) is 0.870. The smallest absolute Gasteiger partial charge is 0.270 e. The normalized spacial score (nSPS) is 11.9. The molecule has 20 heavy (non-hydrogen) atoms. The lowest BCUT2D eigenvalue weighted by Crippen LogP contribution is -2.34. The number of rotatable bonds is 4. The van der Waals surface area contributed by atoms with Gasteiger partial charge in [-0.2, -0.15) is 0 Å². The number of pyridine rings is 1. The van der Waals surface area contributed by atoms with Crippen molar-refractivity contribution >= 4 is 21.8 Å². The Hall–Kier alpha value is -1.68. The highest BCUT2D eigenvalue weighted by molar-refractivity contribution is 9.10. The Labute approximate surface area is 127 Å². The van der Waals surface area contributed by atoms with E-state index in [0.29, 0.717) is 10.3 Å². The molecule has 1 heterocycles. The van der Waals surface area contributed by atoms with Crippen LogP contribution in [-0.2, 0) is 6.42 Å². The molecule has 1 aromatic heterocycles. The average molecular weight is 333 g/mol.